The lowest BCUT2D eigenvalue weighted by molar-refractivity contribution is -0.541. The first-order chi connectivity index (χ1) is 13.6. The Morgan fingerprint density at radius 1 is 1.00 bits per heavy atom. The van der Waals surface area contributed by atoms with E-state index in [-0.39, 0.29) is 23.0 Å². The van der Waals surface area contributed by atoms with Gasteiger partial charge in [0.25, 0.3) is 6.04 Å². The number of ether oxygens (including phenoxy) is 1. The highest BCUT2D eigenvalue weighted by molar-refractivity contribution is 5.96. The van der Waals surface area contributed by atoms with Crippen molar-refractivity contribution in [2.75, 3.05) is 0 Å². The van der Waals surface area contributed by atoms with Crippen LogP contribution >= 0.6 is 0 Å². The molecule has 2 aliphatic rings. The minimum Gasteiger partial charge on any atom is -0.483 e. The second-order valence-corrected chi connectivity index (χ2v) is 7.89. The maximum absolute atomic E-state index is 12.9. The Morgan fingerprint density at radius 3 is 2.39 bits per heavy atom. The summed E-state index contributed by atoms with van der Waals surface area (Å²) in [5, 5.41) is 12.2. The smallest absolute Gasteiger partial charge is 0.256 e. The molecule has 3 atom stereocenters. The van der Waals surface area contributed by atoms with Crippen LogP contribution < -0.4 is 4.74 Å². The van der Waals surface area contributed by atoms with E-state index in [9.17, 15) is 14.9 Å². The van der Waals surface area contributed by atoms with Crippen molar-refractivity contribution in [2.45, 2.75) is 56.6 Å². The number of carbonyl (C=O) groups excluding carboxylic acids is 1. The number of benzene rings is 2. The Kier molecular flexibility index (Phi) is 5.42. The van der Waals surface area contributed by atoms with Crippen molar-refractivity contribution < 1.29 is 14.5 Å². The highest BCUT2D eigenvalue weighted by atomic mass is 16.6. The first kappa shape index (κ1) is 18.7. The summed E-state index contributed by atoms with van der Waals surface area (Å²) in [5.41, 5.74) is 1.38. The number of nitro groups is 1. The number of rotatable bonds is 5. The lowest BCUT2D eigenvalue weighted by atomic mass is 9.74. The van der Waals surface area contributed by atoms with Crippen molar-refractivity contribution >= 4 is 5.78 Å². The fourth-order valence-electron chi connectivity index (χ4n) is 4.80. The zero-order valence-corrected chi connectivity index (χ0v) is 15.8. The number of hydrogen-bond acceptors (Lipinski definition) is 4. The van der Waals surface area contributed by atoms with Crippen LogP contribution in [0.3, 0.4) is 0 Å². The average molecular weight is 379 g/mol. The summed E-state index contributed by atoms with van der Waals surface area (Å²) < 4.78 is 6.21. The molecular formula is C23H25NO4. The van der Waals surface area contributed by atoms with Gasteiger partial charge in [0.05, 0.1) is 5.92 Å². The lowest BCUT2D eigenvalue weighted by Crippen LogP contribution is -2.50. The van der Waals surface area contributed by atoms with Gasteiger partial charge in [-0.15, -0.1) is 0 Å². The Balaban J connectivity index is 1.70. The van der Waals surface area contributed by atoms with Gasteiger partial charge in [-0.1, -0.05) is 67.8 Å². The normalized spacial score (nSPS) is 24.8. The molecule has 0 radical (unpaired) electrons. The summed E-state index contributed by atoms with van der Waals surface area (Å²) in [5.74, 6) is 0.338. The maximum atomic E-state index is 12.9. The molecule has 1 heterocycles. The van der Waals surface area contributed by atoms with E-state index in [2.05, 4.69) is 0 Å². The molecule has 1 aliphatic carbocycles. The van der Waals surface area contributed by atoms with Crippen molar-refractivity contribution in [3.63, 3.8) is 0 Å². The SMILES string of the molecule is O=C(C[C@@H]1c2ccccc2O[C@H](C2CCCCC2)[C@H]1[N+](=O)[O-])c1ccccc1. The van der Waals surface area contributed by atoms with Crippen LogP contribution in [0, 0.1) is 16.0 Å². The Hall–Kier alpha value is -2.69. The number of para-hydroxylation sites is 1. The van der Waals surface area contributed by atoms with Crippen LogP contribution in [0.2, 0.25) is 0 Å². The van der Waals surface area contributed by atoms with Gasteiger partial charge in [-0.25, -0.2) is 0 Å². The summed E-state index contributed by atoms with van der Waals surface area (Å²) in [6, 6.07) is 15.6. The Labute approximate surface area is 164 Å². The third-order valence-corrected chi connectivity index (χ3v) is 6.19. The lowest BCUT2D eigenvalue weighted by Gasteiger charge is -2.39. The highest BCUT2D eigenvalue weighted by Crippen LogP contribution is 2.44. The van der Waals surface area contributed by atoms with Gasteiger partial charge in [-0.2, -0.15) is 0 Å². The molecule has 1 aliphatic heterocycles. The molecule has 5 heteroatoms. The predicted octanol–water partition coefficient (Wildman–Crippen LogP) is 5.03. The first-order valence-electron chi connectivity index (χ1n) is 10.1. The van der Waals surface area contributed by atoms with Crippen LogP contribution in [-0.2, 0) is 0 Å². The number of Topliss-reactive ketones (excluding diaryl/α,β-unsaturated/α-hetero) is 1. The van der Waals surface area contributed by atoms with E-state index in [1.165, 1.54) is 6.42 Å². The topological polar surface area (TPSA) is 69.4 Å². The second-order valence-electron chi connectivity index (χ2n) is 7.89. The average Bonchev–Trinajstić information content (AvgIpc) is 2.74. The minimum atomic E-state index is -0.898. The standard InChI is InChI=1S/C23H25NO4/c25-20(16-9-3-1-4-10-16)15-19-18-13-7-8-14-21(18)28-23(22(19)24(26)27)17-11-5-2-6-12-17/h1,3-4,7-10,13-14,17,19,22-23H,2,5-6,11-12,15H2/t19-,22+,23-/m1/s1. The van der Waals surface area contributed by atoms with E-state index in [0.29, 0.717) is 11.3 Å². The monoisotopic (exact) mass is 379 g/mol. The largest absolute Gasteiger partial charge is 0.483 e. The zero-order valence-electron chi connectivity index (χ0n) is 15.8. The fourth-order valence-corrected chi connectivity index (χ4v) is 4.80. The van der Waals surface area contributed by atoms with Crippen molar-refractivity contribution in [1.29, 1.82) is 0 Å². The van der Waals surface area contributed by atoms with Gasteiger partial charge in [0.2, 0.25) is 0 Å². The van der Waals surface area contributed by atoms with Gasteiger partial charge in [0, 0.05) is 28.4 Å². The van der Waals surface area contributed by atoms with E-state index in [1.54, 1.807) is 12.1 Å². The number of carbonyl (C=O) groups is 1. The van der Waals surface area contributed by atoms with Crippen LogP contribution in [0.15, 0.2) is 54.6 Å². The van der Waals surface area contributed by atoms with Gasteiger partial charge < -0.3 is 4.74 Å². The summed E-state index contributed by atoms with van der Waals surface area (Å²) in [4.78, 5) is 24.9. The molecule has 0 bridgehead atoms. The number of hydrogen-bond donors (Lipinski definition) is 0. The molecule has 0 aromatic heterocycles. The summed E-state index contributed by atoms with van der Waals surface area (Å²) >= 11 is 0. The highest BCUT2D eigenvalue weighted by Gasteiger charge is 2.50. The molecule has 5 nitrogen and oxygen atoms in total. The molecule has 1 fully saturated rings. The van der Waals surface area contributed by atoms with Gasteiger partial charge in [-0.05, 0) is 18.9 Å². The summed E-state index contributed by atoms with van der Waals surface area (Å²) in [7, 11) is 0. The van der Waals surface area contributed by atoms with Crippen LogP contribution in [0.4, 0.5) is 0 Å². The third kappa shape index (κ3) is 3.66. The quantitative estimate of drug-likeness (QED) is 0.415. The molecule has 0 amide bonds. The van der Waals surface area contributed by atoms with Crippen LogP contribution in [0.5, 0.6) is 5.75 Å². The fraction of sp³-hybridized carbons (Fsp3) is 0.435. The molecule has 0 N–H and O–H groups in total. The van der Waals surface area contributed by atoms with Crippen LogP contribution in [0.1, 0.15) is 60.4 Å². The molecule has 0 saturated heterocycles. The Morgan fingerprint density at radius 2 is 1.68 bits per heavy atom. The predicted molar refractivity (Wildman–Crippen MR) is 106 cm³/mol. The zero-order chi connectivity index (χ0) is 19.5. The van der Waals surface area contributed by atoms with Crippen molar-refractivity contribution in [3.05, 3.63) is 75.8 Å². The van der Waals surface area contributed by atoms with Crippen molar-refractivity contribution in [3.8, 4) is 5.75 Å². The molecule has 2 aromatic carbocycles. The van der Waals surface area contributed by atoms with E-state index in [0.717, 1.165) is 31.2 Å². The van der Waals surface area contributed by atoms with Gasteiger partial charge in [0.15, 0.2) is 11.9 Å². The number of nitrogens with zero attached hydrogens (tertiary/aromatic N) is 1. The van der Waals surface area contributed by atoms with Crippen LogP contribution in [-0.4, -0.2) is 22.9 Å². The second kappa shape index (κ2) is 8.13. The molecule has 1 saturated carbocycles. The summed E-state index contributed by atoms with van der Waals surface area (Å²) in [6.45, 7) is 0. The van der Waals surface area contributed by atoms with E-state index in [4.69, 9.17) is 4.74 Å². The van der Waals surface area contributed by atoms with Crippen molar-refractivity contribution in [1.82, 2.24) is 0 Å². The molecule has 146 valence electrons. The van der Waals surface area contributed by atoms with E-state index in [1.807, 2.05) is 42.5 Å². The van der Waals surface area contributed by atoms with Crippen molar-refractivity contribution in [2.24, 2.45) is 5.92 Å². The number of fused-ring (bicyclic) bond motifs is 1. The molecule has 0 spiro atoms. The molecule has 28 heavy (non-hydrogen) atoms. The first-order valence-corrected chi connectivity index (χ1v) is 10.1. The third-order valence-electron chi connectivity index (χ3n) is 6.19. The minimum absolute atomic E-state index is 0.0588. The van der Waals surface area contributed by atoms with Crippen LogP contribution in [0.25, 0.3) is 0 Å². The summed E-state index contributed by atoms with van der Waals surface area (Å²) in [6.07, 6.45) is 4.92. The maximum Gasteiger partial charge on any atom is 0.256 e. The molecule has 4 rings (SSSR count). The van der Waals surface area contributed by atoms with E-state index >= 15 is 0 Å². The van der Waals surface area contributed by atoms with Gasteiger partial charge >= 0.3 is 0 Å². The van der Waals surface area contributed by atoms with Gasteiger partial charge in [-0.3, -0.25) is 14.9 Å². The van der Waals surface area contributed by atoms with Gasteiger partial charge in [0.1, 0.15) is 5.75 Å². The molecular weight excluding hydrogens is 354 g/mol. The van der Waals surface area contributed by atoms with E-state index < -0.39 is 18.1 Å². The molecule has 0 unspecified atom stereocenters. The Bertz CT molecular complexity index is 845. The molecule has 2 aromatic rings. The number of ketones is 1.